The molecule has 2 nitrogen and oxygen atoms in total. The maximum atomic E-state index is 13.8. The van der Waals surface area contributed by atoms with Crippen LogP contribution in [0.15, 0.2) is 36.4 Å². The third kappa shape index (κ3) is 2.51. The highest BCUT2D eigenvalue weighted by Gasteiger charge is 2.10. The number of carbonyl (C=O) groups excluding carboxylic acids is 1. The van der Waals surface area contributed by atoms with Crippen molar-refractivity contribution in [2.75, 3.05) is 0 Å². The SMILES string of the molecule is Cc1cccc(Oc2cc(Cl)ccc2C=O)c1F. The predicted molar refractivity (Wildman–Crippen MR) is 68.1 cm³/mol. The van der Waals surface area contributed by atoms with Gasteiger partial charge < -0.3 is 4.74 Å². The second-order valence-corrected chi connectivity index (χ2v) is 4.23. The normalized spacial score (nSPS) is 10.2. The number of carbonyl (C=O) groups is 1. The van der Waals surface area contributed by atoms with Crippen LogP contribution in [0.2, 0.25) is 5.02 Å². The molecule has 0 aliphatic carbocycles. The molecule has 0 aromatic heterocycles. The molecule has 92 valence electrons. The number of hydrogen-bond donors (Lipinski definition) is 0. The van der Waals surface area contributed by atoms with Gasteiger partial charge in [-0.05, 0) is 30.7 Å². The van der Waals surface area contributed by atoms with E-state index in [9.17, 15) is 9.18 Å². The van der Waals surface area contributed by atoms with Crippen molar-refractivity contribution in [2.45, 2.75) is 6.92 Å². The predicted octanol–water partition coefficient (Wildman–Crippen LogP) is 4.39. The second-order valence-electron chi connectivity index (χ2n) is 3.79. The van der Waals surface area contributed by atoms with Crippen LogP contribution in [0.3, 0.4) is 0 Å². The van der Waals surface area contributed by atoms with E-state index in [0.717, 1.165) is 0 Å². The smallest absolute Gasteiger partial charge is 0.168 e. The summed E-state index contributed by atoms with van der Waals surface area (Å²) in [6.07, 6.45) is 0.638. The van der Waals surface area contributed by atoms with E-state index < -0.39 is 5.82 Å². The van der Waals surface area contributed by atoms with Crippen molar-refractivity contribution < 1.29 is 13.9 Å². The molecule has 2 rings (SSSR count). The zero-order chi connectivity index (χ0) is 13.1. The minimum atomic E-state index is -0.450. The summed E-state index contributed by atoms with van der Waals surface area (Å²) in [7, 11) is 0. The summed E-state index contributed by atoms with van der Waals surface area (Å²) < 4.78 is 19.2. The van der Waals surface area contributed by atoms with Crippen LogP contribution >= 0.6 is 11.6 Å². The van der Waals surface area contributed by atoms with E-state index in [0.29, 0.717) is 22.4 Å². The molecule has 2 aromatic rings. The molecule has 0 bridgehead atoms. The standard InChI is InChI=1S/C14H10ClFO2/c1-9-3-2-4-12(14(9)16)18-13-7-11(15)6-5-10(13)8-17/h2-8H,1H3. The molecule has 18 heavy (non-hydrogen) atoms. The highest BCUT2D eigenvalue weighted by molar-refractivity contribution is 6.30. The first-order valence-electron chi connectivity index (χ1n) is 5.29. The lowest BCUT2D eigenvalue weighted by Gasteiger charge is -2.10. The zero-order valence-electron chi connectivity index (χ0n) is 9.61. The molecule has 0 unspecified atom stereocenters. The van der Waals surface area contributed by atoms with E-state index in [1.54, 1.807) is 25.1 Å². The van der Waals surface area contributed by atoms with E-state index in [2.05, 4.69) is 0 Å². The first-order chi connectivity index (χ1) is 8.61. The Hall–Kier alpha value is -1.87. The number of aldehydes is 1. The summed E-state index contributed by atoms with van der Waals surface area (Å²) in [5, 5.41) is 0.420. The molecule has 0 heterocycles. The Labute approximate surface area is 109 Å². The van der Waals surface area contributed by atoms with Gasteiger partial charge in [0.1, 0.15) is 5.75 Å². The van der Waals surface area contributed by atoms with Crippen molar-refractivity contribution in [3.63, 3.8) is 0 Å². The van der Waals surface area contributed by atoms with Crippen LogP contribution in [0, 0.1) is 12.7 Å². The summed E-state index contributed by atoms with van der Waals surface area (Å²) in [5.41, 5.74) is 0.794. The van der Waals surface area contributed by atoms with Gasteiger partial charge in [0.05, 0.1) is 5.56 Å². The van der Waals surface area contributed by atoms with E-state index in [4.69, 9.17) is 16.3 Å². The Kier molecular flexibility index (Phi) is 3.63. The average Bonchev–Trinajstić information content (AvgIpc) is 2.35. The number of halogens is 2. The van der Waals surface area contributed by atoms with Gasteiger partial charge in [-0.2, -0.15) is 0 Å². The highest BCUT2D eigenvalue weighted by Crippen LogP contribution is 2.30. The fourth-order valence-corrected chi connectivity index (χ4v) is 1.67. The monoisotopic (exact) mass is 264 g/mol. The first-order valence-corrected chi connectivity index (χ1v) is 5.67. The fraction of sp³-hybridized carbons (Fsp3) is 0.0714. The molecule has 4 heteroatoms. The zero-order valence-corrected chi connectivity index (χ0v) is 10.4. The summed E-state index contributed by atoms with van der Waals surface area (Å²) in [4.78, 5) is 10.9. The molecule has 0 spiro atoms. The number of ether oxygens (including phenoxy) is 1. The molecule has 0 aliphatic heterocycles. The van der Waals surface area contributed by atoms with Gasteiger partial charge >= 0.3 is 0 Å². The van der Waals surface area contributed by atoms with Crippen LogP contribution in [0.5, 0.6) is 11.5 Å². The molecule has 0 aliphatic rings. The number of hydrogen-bond acceptors (Lipinski definition) is 2. The van der Waals surface area contributed by atoms with Crippen LogP contribution in [-0.2, 0) is 0 Å². The Morgan fingerprint density at radius 3 is 2.72 bits per heavy atom. The third-order valence-corrected chi connectivity index (χ3v) is 2.71. The lowest BCUT2D eigenvalue weighted by atomic mass is 10.2. The van der Waals surface area contributed by atoms with Gasteiger partial charge in [0.15, 0.2) is 17.9 Å². The minimum Gasteiger partial charge on any atom is -0.453 e. The topological polar surface area (TPSA) is 26.3 Å². The summed E-state index contributed by atoms with van der Waals surface area (Å²) >= 11 is 5.82. The van der Waals surface area contributed by atoms with Gasteiger partial charge in [-0.25, -0.2) is 4.39 Å². The van der Waals surface area contributed by atoms with Crippen LogP contribution in [-0.4, -0.2) is 6.29 Å². The van der Waals surface area contributed by atoms with Gasteiger partial charge in [-0.3, -0.25) is 4.79 Å². The molecular formula is C14H10ClFO2. The minimum absolute atomic E-state index is 0.0698. The van der Waals surface area contributed by atoms with Crippen LogP contribution in [0.4, 0.5) is 4.39 Å². The highest BCUT2D eigenvalue weighted by atomic mass is 35.5. The molecule has 0 fully saturated rings. The number of rotatable bonds is 3. The maximum absolute atomic E-state index is 13.8. The summed E-state index contributed by atoms with van der Waals surface area (Å²) in [5.74, 6) is -0.142. The molecular weight excluding hydrogens is 255 g/mol. The maximum Gasteiger partial charge on any atom is 0.168 e. The van der Waals surface area contributed by atoms with E-state index in [-0.39, 0.29) is 11.5 Å². The molecule has 2 aromatic carbocycles. The van der Waals surface area contributed by atoms with E-state index >= 15 is 0 Å². The van der Waals surface area contributed by atoms with Crippen molar-refractivity contribution in [3.8, 4) is 11.5 Å². The van der Waals surface area contributed by atoms with Gasteiger partial charge in [-0.1, -0.05) is 23.7 Å². The summed E-state index contributed by atoms with van der Waals surface area (Å²) in [6, 6.07) is 9.40. The lowest BCUT2D eigenvalue weighted by molar-refractivity contribution is 0.112. The van der Waals surface area contributed by atoms with Gasteiger partial charge in [0, 0.05) is 11.1 Å². The molecule has 0 amide bonds. The number of benzene rings is 2. The van der Waals surface area contributed by atoms with E-state index in [1.807, 2.05) is 0 Å². The Morgan fingerprint density at radius 1 is 1.22 bits per heavy atom. The average molecular weight is 265 g/mol. The van der Waals surface area contributed by atoms with Gasteiger partial charge in [-0.15, -0.1) is 0 Å². The van der Waals surface area contributed by atoms with Crippen LogP contribution < -0.4 is 4.74 Å². The third-order valence-electron chi connectivity index (χ3n) is 2.48. The molecule has 0 saturated heterocycles. The fourth-order valence-electron chi connectivity index (χ4n) is 1.51. The Morgan fingerprint density at radius 2 is 2.00 bits per heavy atom. The largest absolute Gasteiger partial charge is 0.453 e. The second kappa shape index (κ2) is 5.19. The van der Waals surface area contributed by atoms with Crippen molar-refractivity contribution in [1.29, 1.82) is 0 Å². The quantitative estimate of drug-likeness (QED) is 0.769. The van der Waals surface area contributed by atoms with Crippen molar-refractivity contribution >= 4 is 17.9 Å². The van der Waals surface area contributed by atoms with Crippen molar-refractivity contribution in [1.82, 2.24) is 0 Å². The molecule has 0 atom stereocenters. The van der Waals surface area contributed by atoms with Crippen LogP contribution in [0.1, 0.15) is 15.9 Å². The van der Waals surface area contributed by atoms with Gasteiger partial charge in [0.25, 0.3) is 0 Å². The van der Waals surface area contributed by atoms with Crippen molar-refractivity contribution in [3.05, 3.63) is 58.4 Å². The molecule has 0 saturated carbocycles. The Balaban J connectivity index is 2.42. The van der Waals surface area contributed by atoms with E-state index in [1.165, 1.54) is 18.2 Å². The van der Waals surface area contributed by atoms with Gasteiger partial charge in [0.2, 0.25) is 0 Å². The summed E-state index contributed by atoms with van der Waals surface area (Å²) in [6.45, 7) is 1.64. The lowest BCUT2D eigenvalue weighted by Crippen LogP contribution is -1.94. The first kappa shape index (κ1) is 12.6. The van der Waals surface area contributed by atoms with Crippen LogP contribution in [0.25, 0.3) is 0 Å². The van der Waals surface area contributed by atoms with Crippen molar-refractivity contribution in [2.24, 2.45) is 0 Å². The number of aryl methyl sites for hydroxylation is 1. The Bertz CT molecular complexity index is 596. The molecule has 0 N–H and O–H groups in total. The molecule has 0 radical (unpaired) electrons.